The third-order valence-electron chi connectivity index (χ3n) is 7.86. The van der Waals surface area contributed by atoms with E-state index in [2.05, 4.69) is 15.4 Å². The van der Waals surface area contributed by atoms with E-state index in [0.29, 0.717) is 56.1 Å². The van der Waals surface area contributed by atoms with Crippen molar-refractivity contribution in [3.8, 4) is 0 Å². The topological polar surface area (TPSA) is 111 Å². The van der Waals surface area contributed by atoms with E-state index in [4.69, 9.17) is 0 Å². The molecule has 2 heterocycles. The Bertz CT molecular complexity index is 1610. The molecule has 0 unspecified atom stereocenters. The fourth-order valence-electron chi connectivity index (χ4n) is 5.60. The van der Waals surface area contributed by atoms with Crippen LogP contribution in [0.1, 0.15) is 22.3 Å². The Morgan fingerprint density at radius 1 is 0.932 bits per heavy atom. The second kappa shape index (κ2) is 12.9. The van der Waals surface area contributed by atoms with Crippen LogP contribution in [0.25, 0.3) is 0 Å². The van der Waals surface area contributed by atoms with Gasteiger partial charge in [-0.2, -0.15) is 13.2 Å². The maximum atomic E-state index is 13.8. The lowest BCUT2D eigenvalue weighted by Gasteiger charge is -2.38. The molecule has 1 saturated heterocycles. The van der Waals surface area contributed by atoms with E-state index >= 15 is 0 Å². The molecule has 3 N–H and O–H groups in total. The van der Waals surface area contributed by atoms with E-state index in [9.17, 15) is 31.2 Å². The Hall–Kier alpha value is -4.10. The van der Waals surface area contributed by atoms with Crippen molar-refractivity contribution < 1.29 is 31.2 Å². The highest BCUT2D eigenvalue weighted by atomic mass is 32.2. The molecule has 0 spiro atoms. The molecule has 13 heteroatoms. The minimum Gasteiger partial charge on any atom is -0.366 e. The van der Waals surface area contributed by atoms with E-state index in [1.807, 2.05) is 29.2 Å². The van der Waals surface area contributed by atoms with Gasteiger partial charge in [-0.05, 0) is 47.4 Å². The first kappa shape index (κ1) is 31.3. The van der Waals surface area contributed by atoms with Crippen LogP contribution >= 0.6 is 0 Å². The Morgan fingerprint density at radius 3 is 2.23 bits per heavy atom. The third kappa shape index (κ3) is 7.69. The first-order valence-electron chi connectivity index (χ1n) is 14.2. The van der Waals surface area contributed by atoms with E-state index < -0.39 is 33.8 Å². The molecule has 9 nitrogen and oxygen atoms in total. The van der Waals surface area contributed by atoms with Crippen LogP contribution in [-0.2, 0) is 45.2 Å². The van der Waals surface area contributed by atoms with Gasteiger partial charge in [-0.3, -0.25) is 14.3 Å². The first-order chi connectivity index (χ1) is 20.9. The van der Waals surface area contributed by atoms with Crippen molar-refractivity contribution in [3.05, 3.63) is 95.1 Å². The molecule has 3 aromatic carbocycles. The number of rotatable bonds is 8. The molecule has 3 aromatic rings. The number of benzene rings is 3. The lowest BCUT2D eigenvalue weighted by molar-refractivity contribution is -0.138. The maximum absolute atomic E-state index is 13.8. The van der Waals surface area contributed by atoms with Crippen LogP contribution in [0, 0.1) is 0 Å². The number of carbonyl (C=O) groups excluding carboxylic acids is 2. The molecule has 0 bridgehead atoms. The van der Waals surface area contributed by atoms with Crippen molar-refractivity contribution >= 4 is 33.2 Å². The monoisotopic (exact) mass is 629 g/mol. The predicted octanol–water partition coefficient (Wildman–Crippen LogP) is 3.17. The maximum Gasteiger partial charge on any atom is 0.416 e. The number of piperazine rings is 1. The highest BCUT2D eigenvalue weighted by Crippen LogP contribution is 2.30. The normalized spacial score (nSPS) is 17.9. The van der Waals surface area contributed by atoms with Crippen molar-refractivity contribution in [1.29, 1.82) is 0 Å². The Kier molecular flexibility index (Phi) is 9.16. The minimum atomic E-state index is -4.49. The van der Waals surface area contributed by atoms with Crippen LogP contribution in [0.5, 0.6) is 0 Å². The number of sulfonamides is 1. The molecule has 0 saturated carbocycles. The zero-order valence-electron chi connectivity index (χ0n) is 24.1. The summed E-state index contributed by atoms with van der Waals surface area (Å²) >= 11 is 0. The number of nitrogens with one attached hydrogen (secondary N) is 3. The highest BCUT2D eigenvalue weighted by Gasteiger charge is 2.33. The smallest absolute Gasteiger partial charge is 0.366 e. The summed E-state index contributed by atoms with van der Waals surface area (Å²) in [6, 6.07) is 17.8. The molecule has 2 aliphatic heterocycles. The van der Waals surface area contributed by atoms with Gasteiger partial charge in [-0.25, -0.2) is 8.42 Å². The quantitative estimate of drug-likeness (QED) is 0.353. The fourth-order valence-corrected chi connectivity index (χ4v) is 6.17. The van der Waals surface area contributed by atoms with Gasteiger partial charge in [-0.1, -0.05) is 48.5 Å². The first-order valence-corrected chi connectivity index (χ1v) is 16.1. The molecule has 0 aliphatic carbocycles. The number of carbonyl (C=O) groups is 2. The predicted molar refractivity (Wildman–Crippen MR) is 162 cm³/mol. The third-order valence-corrected chi connectivity index (χ3v) is 8.46. The van der Waals surface area contributed by atoms with Crippen molar-refractivity contribution in [2.45, 2.75) is 37.6 Å². The van der Waals surface area contributed by atoms with Gasteiger partial charge in [-0.15, -0.1) is 0 Å². The zero-order valence-corrected chi connectivity index (χ0v) is 24.9. The van der Waals surface area contributed by atoms with E-state index in [1.165, 1.54) is 12.1 Å². The van der Waals surface area contributed by atoms with Crippen LogP contribution in [0.2, 0.25) is 0 Å². The van der Waals surface area contributed by atoms with Gasteiger partial charge in [0.1, 0.15) is 6.04 Å². The van der Waals surface area contributed by atoms with Gasteiger partial charge in [0, 0.05) is 39.1 Å². The molecule has 0 aromatic heterocycles. The minimum absolute atomic E-state index is 0.0212. The number of nitrogens with zero attached hydrogens (tertiary/aromatic N) is 2. The molecule has 1 fully saturated rings. The average molecular weight is 630 g/mol. The van der Waals surface area contributed by atoms with Gasteiger partial charge in [0.2, 0.25) is 21.8 Å². The Labute approximate surface area is 254 Å². The molecular formula is C31H34F3N5O4S. The second-order valence-corrected chi connectivity index (χ2v) is 12.8. The van der Waals surface area contributed by atoms with Gasteiger partial charge in [0.25, 0.3) is 0 Å². The molecular weight excluding hydrogens is 595 g/mol. The summed E-state index contributed by atoms with van der Waals surface area (Å²) in [4.78, 5) is 30.9. The highest BCUT2D eigenvalue weighted by molar-refractivity contribution is 7.92. The van der Waals surface area contributed by atoms with E-state index in [0.717, 1.165) is 29.5 Å². The summed E-state index contributed by atoms with van der Waals surface area (Å²) in [7, 11) is -3.50. The largest absolute Gasteiger partial charge is 0.416 e. The molecule has 0 radical (unpaired) electrons. The number of halogens is 3. The van der Waals surface area contributed by atoms with Crippen molar-refractivity contribution in [1.82, 2.24) is 15.5 Å². The van der Waals surface area contributed by atoms with Gasteiger partial charge >= 0.3 is 6.18 Å². The molecule has 2 amide bonds. The zero-order chi connectivity index (χ0) is 31.5. The summed E-state index contributed by atoms with van der Waals surface area (Å²) < 4.78 is 65.6. The number of alkyl halides is 3. The van der Waals surface area contributed by atoms with Crippen LogP contribution in [0.3, 0.4) is 0 Å². The second-order valence-electron chi connectivity index (χ2n) is 11.1. The van der Waals surface area contributed by atoms with Gasteiger partial charge < -0.3 is 20.4 Å². The van der Waals surface area contributed by atoms with E-state index in [-0.39, 0.29) is 18.2 Å². The molecule has 2 aliphatic rings. The SMILES string of the molecule is CS(=O)(=O)Nc1ccccc1N1CCN(C(=O)[C@@H](Cc2ccc(C(F)(F)F)cc2)NC(=O)[C@@H]2Cc3ccccc3CN2)CC1. The molecule has 234 valence electrons. The molecule has 44 heavy (non-hydrogen) atoms. The lowest BCUT2D eigenvalue weighted by Crippen LogP contribution is -2.58. The Balaban J connectivity index is 1.30. The molecule has 5 rings (SSSR count). The van der Waals surface area contributed by atoms with Crippen LogP contribution < -0.4 is 20.3 Å². The average Bonchev–Trinajstić information content (AvgIpc) is 2.99. The number of hydrogen-bond donors (Lipinski definition) is 3. The van der Waals surface area contributed by atoms with Gasteiger partial charge in [0.15, 0.2) is 0 Å². The fraction of sp³-hybridized carbons (Fsp3) is 0.355. The summed E-state index contributed by atoms with van der Waals surface area (Å²) in [6.45, 7) is 1.94. The number of para-hydroxylation sites is 2. The number of hydrogen-bond acceptors (Lipinski definition) is 6. The van der Waals surface area contributed by atoms with Crippen LogP contribution in [-0.4, -0.2) is 69.7 Å². The van der Waals surface area contributed by atoms with Crippen LogP contribution in [0.4, 0.5) is 24.5 Å². The van der Waals surface area contributed by atoms with Crippen molar-refractivity contribution in [2.75, 3.05) is 42.1 Å². The number of anilines is 2. The Morgan fingerprint density at radius 2 is 1.57 bits per heavy atom. The summed E-state index contributed by atoms with van der Waals surface area (Å²) in [5.74, 6) is -0.694. The van der Waals surface area contributed by atoms with Gasteiger partial charge in [0.05, 0.1) is 29.2 Å². The van der Waals surface area contributed by atoms with Crippen molar-refractivity contribution in [2.24, 2.45) is 0 Å². The van der Waals surface area contributed by atoms with Crippen molar-refractivity contribution in [3.63, 3.8) is 0 Å². The summed E-state index contributed by atoms with van der Waals surface area (Å²) in [6.07, 6.45) is -2.94. The van der Waals surface area contributed by atoms with Crippen LogP contribution in [0.15, 0.2) is 72.8 Å². The number of fused-ring (bicyclic) bond motifs is 1. The summed E-state index contributed by atoms with van der Waals surface area (Å²) in [5.41, 5.74) is 2.95. The molecule has 2 atom stereocenters. The summed E-state index contributed by atoms with van der Waals surface area (Å²) in [5, 5.41) is 6.10. The number of amides is 2. The van der Waals surface area contributed by atoms with E-state index in [1.54, 1.807) is 29.2 Å². The standard InChI is InChI=1S/C31H34F3N5O4S/c1-44(42,43)37-25-8-4-5-9-28(25)38-14-16-39(17-15-38)30(41)27(18-21-10-12-24(13-11-21)31(32,33)34)36-29(40)26-19-22-6-2-3-7-23(22)20-35-26/h2-13,26-27,35,37H,14-20H2,1H3,(H,36,40)/t26-,27+/m0/s1. The lowest BCUT2D eigenvalue weighted by atomic mass is 9.95.